The molecule has 3 aromatic rings. The number of aryl methyl sites for hydroxylation is 3. The van der Waals surface area contributed by atoms with Gasteiger partial charge in [0.05, 0.1) is 11.1 Å². The Bertz CT molecular complexity index is 1050. The Morgan fingerprint density at radius 1 is 1.21 bits per heavy atom. The molecule has 154 valence electrons. The largest absolute Gasteiger partial charge is 0.482 e. The van der Waals surface area contributed by atoms with Gasteiger partial charge in [0.1, 0.15) is 5.75 Å². The van der Waals surface area contributed by atoms with Gasteiger partial charge >= 0.3 is 6.18 Å². The van der Waals surface area contributed by atoms with E-state index in [0.29, 0.717) is 11.0 Å². The number of anilines is 1. The van der Waals surface area contributed by atoms with E-state index in [1.54, 1.807) is 17.8 Å². The van der Waals surface area contributed by atoms with Crippen molar-refractivity contribution in [1.29, 1.82) is 0 Å². The van der Waals surface area contributed by atoms with E-state index in [1.165, 1.54) is 18.2 Å². The number of amides is 1. The van der Waals surface area contributed by atoms with Crippen LogP contribution in [0.25, 0.3) is 11.0 Å². The highest BCUT2D eigenvalue weighted by atomic mass is 19.4. The van der Waals surface area contributed by atoms with Crippen LogP contribution in [-0.2, 0) is 11.8 Å². The SMILES string of the molecule is Cc1cc(C)c2c(OCC(=O)Nc3ccccc3OCC(F)(F)F)nn(C)c2n1. The number of benzene rings is 1. The van der Waals surface area contributed by atoms with E-state index in [-0.39, 0.29) is 23.9 Å². The van der Waals surface area contributed by atoms with Gasteiger partial charge in [0.2, 0.25) is 5.88 Å². The molecule has 0 aliphatic carbocycles. The molecule has 7 nitrogen and oxygen atoms in total. The average molecular weight is 408 g/mol. The molecule has 0 aliphatic heterocycles. The van der Waals surface area contributed by atoms with Gasteiger partial charge in [-0.1, -0.05) is 12.1 Å². The van der Waals surface area contributed by atoms with Crippen LogP contribution in [0, 0.1) is 13.8 Å². The molecule has 0 bridgehead atoms. The monoisotopic (exact) mass is 408 g/mol. The Labute approximate surface area is 164 Å². The number of nitrogens with zero attached hydrogens (tertiary/aromatic N) is 3. The van der Waals surface area contributed by atoms with Crippen molar-refractivity contribution < 1.29 is 27.4 Å². The Hall–Kier alpha value is -3.30. The van der Waals surface area contributed by atoms with Crippen molar-refractivity contribution >= 4 is 22.6 Å². The molecule has 0 spiro atoms. The summed E-state index contributed by atoms with van der Waals surface area (Å²) in [5.74, 6) is -0.397. The number of carbonyl (C=O) groups is 1. The minimum absolute atomic E-state index is 0.0861. The van der Waals surface area contributed by atoms with E-state index in [2.05, 4.69) is 15.4 Å². The van der Waals surface area contributed by atoms with Crippen LogP contribution in [0.2, 0.25) is 0 Å². The van der Waals surface area contributed by atoms with Gasteiger partial charge in [-0.15, -0.1) is 5.10 Å². The average Bonchev–Trinajstić information content (AvgIpc) is 2.94. The van der Waals surface area contributed by atoms with Crippen molar-refractivity contribution in [2.75, 3.05) is 18.5 Å². The van der Waals surface area contributed by atoms with Gasteiger partial charge in [0, 0.05) is 12.7 Å². The molecule has 29 heavy (non-hydrogen) atoms. The fourth-order valence-corrected chi connectivity index (χ4v) is 2.83. The summed E-state index contributed by atoms with van der Waals surface area (Å²) in [6.07, 6.45) is -4.48. The van der Waals surface area contributed by atoms with E-state index in [1.807, 2.05) is 19.9 Å². The van der Waals surface area contributed by atoms with Gasteiger partial charge in [-0.3, -0.25) is 4.79 Å². The first kappa shape index (κ1) is 20.4. The lowest BCUT2D eigenvalue weighted by molar-refractivity contribution is -0.153. The zero-order valence-electron chi connectivity index (χ0n) is 16.0. The first-order valence-corrected chi connectivity index (χ1v) is 8.66. The summed E-state index contributed by atoms with van der Waals surface area (Å²) >= 11 is 0. The fourth-order valence-electron chi connectivity index (χ4n) is 2.83. The lowest BCUT2D eigenvalue weighted by Gasteiger charge is -2.13. The molecule has 0 fully saturated rings. The van der Waals surface area contributed by atoms with Crippen LogP contribution < -0.4 is 14.8 Å². The van der Waals surface area contributed by atoms with Crippen molar-refractivity contribution in [2.24, 2.45) is 7.05 Å². The van der Waals surface area contributed by atoms with Crippen LogP contribution in [0.1, 0.15) is 11.3 Å². The Morgan fingerprint density at radius 3 is 2.66 bits per heavy atom. The van der Waals surface area contributed by atoms with E-state index in [4.69, 9.17) is 9.47 Å². The number of ether oxygens (including phenoxy) is 2. The van der Waals surface area contributed by atoms with Crippen molar-refractivity contribution in [3.8, 4) is 11.6 Å². The summed E-state index contributed by atoms with van der Waals surface area (Å²) in [7, 11) is 1.72. The first-order valence-electron chi connectivity index (χ1n) is 8.66. The molecule has 0 atom stereocenters. The maximum absolute atomic E-state index is 12.4. The molecular formula is C19H19F3N4O3. The molecule has 1 N–H and O–H groups in total. The maximum Gasteiger partial charge on any atom is 0.422 e. The highest BCUT2D eigenvalue weighted by Crippen LogP contribution is 2.28. The Balaban J connectivity index is 1.69. The molecular weight excluding hydrogens is 389 g/mol. The third kappa shape index (κ3) is 4.95. The molecule has 1 aromatic carbocycles. The molecule has 0 saturated heterocycles. The van der Waals surface area contributed by atoms with Crippen molar-refractivity contribution in [3.63, 3.8) is 0 Å². The summed E-state index contributed by atoms with van der Waals surface area (Å²) in [4.78, 5) is 16.7. The topological polar surface area (TPSA) is 78.3 Å². The van der Waals surface area contributed by atoms with Crippen LogP contribution in [0.4, 0.5) is 18.9 Å². The molecule has 2 aromatic heterocycles. The third-order valence-electron chi connectivity index (χ3n) is 3.98. The number of hydrogen-bond donors (Lipinski definition) is 1. The highest BCUT2D eigenvalue weighted by molar-refractivity contribution is 5.93. The molecule has 0 radical (unpaired) electrons. The maximum atomic E-state index is 12.4. The summed E-state index contributed by atoms with van der Waals surface area (Å²) < 4.78 is 49.0. The lowest BCUT2D eigenvalue weighted by Crippen LogP contribution is -2.22. The number of rotatable bonds is 6. The Kier molecular flexibility index (Phi) is 5.62. The number of aromatic nitrogens is 3. The normalized spacial score (nSPS) is 11.5. The Morgan fingerprint density at radius 2 is 1.93 bits per heavy atom. The van der Waals surface area contributed by atoms with E-state index in [9.17, 15) is 18.0 Å². The van der Waals surface area contributed by atoms with Gasteiger partial charge in [-0.2, -0.15) is 13.2 Å². The van der Waals surface area contributed by atoms with Crippen molar-refractivity contribution in [3.05, 3.63) is 41.6 Å². The predicted molar refractivity (Wildman–Crippen MR) is 100 cm³/mol. The van der Waals surface area contributed by atoms with Gasteiger partial charge in [-0.05, 0) is 37.6 Å². The summed E-state index contributed by atoms with van der Waals surface area (Å²) in [6.45, 7) is 1.92. The molecule has 2 heterocycles. The second-order valence-corrected chi connectivity index (χ2v) is 6.44. The van der Waals surface area contributed by atoms with Gasteiger partial charge < -0.3 is 14.8 Å². The molecule has 0 aliphatic rings. The van der Waals surface area contributed by atoms with E-state index in [0.717, 1.165) is 11.3 Å². The lowest BCUT2D eigenvalue weighted by atomic mass is 10.2. The first-order chi connectivity index (χ1) is 13.6. The number of pyridine rings is 1. The molecule has 10 heteroatoms. The van der Waals surface area contributed by atoms with Gasteiger partial charge in [0.25, 0.3) is 5.91 Å². The number of para-hydroxylation sites is 2. The van der Waals surface area contributed by atoms with Crippen LogP contribution in [-0.4, -0.2) is 40.1 Å². The van der Waals surface area contributed by atoms with Crippen LogP contribution >= 0.6 is 0 Å². The van der Waals surface area contributed by atoms with Crippen LogP contribution in [0.5, 0.6) is 11.6 Å². The predicted octanol–water partition coefficient (Wildman–Crippen LogP) is 3.54. The van der Waals surface area contributed by atoms with Gasteiger partial charge in [0.15, 0.2) is 18.9 Å². The van der Waals surface area contributed by atoms with E-state index >= 15 is 0 Å². The molecule has 1 amide bonds. The molecule has 0 unspecified atom stereocenters. The number of hydrogen-bond acceptors (Lipinski definition) is 5. The second kappa shape index (κ2) is 7.98. The number of halogens is 3. The highest BCUT2D eigenvalue weighted by Gasteiger charge is 2.29. The van der Waals surface area contributed by atoms with Crippen LogP contribution in [0.15, 0.2) is 30.3 Å². The second-order valence-electron chi connectivity index (χ2n) is 6.44. The van der Waals surface area contributed by atoms with Gasteiger partial charge in [-0.25, -0.2) is 9.67 Å². The number of alkyl halides is 3. The summed E-state index contributed by atoms with van der Waals surface area (Å²) in [5.41, 5.74) is 2.48. The zero-order chi connectivity index (χ0) is 21.2. The fraction of sp³-hybridized carbons (Fsp3) is 0.316. The number of carbonyl (C=O) groups excluding carboxylic acids is 1. The molecule has 0 saturated carbocycles. The number of fused-ring (bicyclic) bond motifs is 1. The van der Waals surface area contributed by atoms with E-state index < -0.39 is 18.7 Å². The quantitative estimate of drug-likeness (QED) is 0.675. The standard InChI is InChI=1S/C19H19F3N4O3/c1-11-8-12(2)23-17-16(11)18(25-26(17)3)28-9-15(27)24-13-6-4-5-7-14(13)29-10-19(20,21)22/h4-8H,9-10H2,1-3H3,(H,24,27). The summed E-state index contributed by atoms with van der Waals surface area (Å²) in [6, 6.07) is 7.74. The van der Waals surface area contributed by atoms with Crippen LogP contribution in [0.3, 0.4) is 0 Å². The minimum atomic E-state index is -4.48. The molecule has 3 rings (SSSR count). The number of nitrogens with one attached hydrogen (secondary N) is 1. The van der Waals surface area contributed by atoms with Crippen molar-refractivity contribution in [1.82, 2.24) is 14.8 Å². The summed E-state index contributed by atoms with van der Waals surface area (Å²) in [5, 5.41) is 7.43. The van der Waals surface area contributed by atoms with Crippen molar-refractivity contribution in [2.45, 2.75) is 20.0 Å². The third-order valence-corrected chi connectivity index (χ3v) is 3.98. The smallest absolute Gasteiger partial charge is 0.422 e. The minimum Gasteiger partial charge on any atom is -0.482 e. The zero-order valence-corrected chi connectivity index (χ0v) is 16.0.